The van der Waals surface area contributed by atoms with Crippen LogP contribution in [0.25, 0.3) is 0 Å². The number of likely N-dealkylation sites (N-methyl/N-ethyl adjacent to an activating group) is 1. The molecule has 0 spiro atoms. The zero-order chi connectivity index (χ0) is 12.8. The second kappa shape index (κ2) is 6.17. The lowest BCUT2D eigenvalue weighted by Crippen LogP contribution is -2.26. The third-order valence-corrected chi connectivity index (χ3v) is 2.85. The second-order valence-electron chi connectivity index (χ2n) is 4.37. The summed E-state index contributed by atoms with van der Waals surface area (Å²) in [5.41, 5.74) is 3.08. The summed E-state index contributed by atoms with van der Waals surface area (Å²) in [5, 5.41) is 8.47. The van der Waals surface area contributed by atoms with Gasteiger partial charge in [0.2, 0.25) is 0 Å². The van der Waals surface area contributed by atoms with Crippen molar-refractivity contribution in [3.63, 3.8) is 0 Å². The van der Waals surface area contributed by atoms with Crippen molar-refractivity contribution in [1.82, 2.24) is 4.90 Å². The fourth-order valence-electron chi connectivity index (χ4n) is 1.57. The van der Waals surface area contributed by atoms with Gasteiger partial charge in [0.15, 0.2) is 5.78 Å². The first-order chi connectivity index (χ1) is 8.04. The molecule has 0 aliphatic rings. The van der Waals surface area contributed by atoms with Crippen molar-refractivity contribution in [2.24, 2.45) is 0 Å². The quantitative estimate of drug-likeness (QED) is 0.729. The zero-order valence-electron chi connectivity index (χ0n) is 10.7. The molecule has 0 fully saturated rings. The lowest BCUT2D eigenvalue weighted by atomic mass is 10.0. The van der Waals surface area contributed by atoms with E-state index in [1.165, 1.54) is 5.56 Å². The largest absolute Gasteiger partial charge is 0.298 e. The SMILES string of the molecule is Cc1ccc(C(=O)CN(C)CCC#N)cc1C. The molecule has 90 valence electrons. The first-order valence-electron chi connectivity index (χ1n) is 5.70. The lowest BCUT2D eigenvalue weighted by Gasteiger charge is -2.14. The van der Waals surface area contributed by atoms with Gasteiger partial charge < -0.3 is 0 Å². The van der Waals surface area contributed by atoms with Gasteiger partial charge in [-0.1, -0.05) is 12.1 Å². The number of benzene rings is 1. The molecule has 17 heavy (non-hydrogen) atoms. The highest BCUT2D eigenvalue weighted by Gasteiger charge is 2.09. The summed E-state index contributed by atoms with van der Waals surface area (Å²) in [6.07, 6.45) is 0.455. The van der Waals surface area contributed by atoms with E-state index < -0.39 is 0 Å². The number of rotatable bonds is 5. The van der Waals surface area contributed by atoms with Crippen molar-refractivity contribution in [3.05, 3.63) is 34.9 Å². The minimum atomic E-state index is 0.105. The summed E-state index contributed by atoms with van der Waals surface area (Å²) in [7, 11) is 1.86. The monoisotopic (exact) mass is 230 g/mol. The number of aryl methyl sites for hydroxylation is 2. The Kier molecular flexibility index (Phi) is 4.86. The minimum Gasteiger partial charge on any atom is -0.298 e. The fourth-order valence-corrected chi connectivity index (χ4v) is 1.57. The van der Waals surface area contributed by atoms with Gasteiger partial charge in [-0.3, -0.25) is 9.69 Å². The van der Waals surface area contributed by atoms with Crippen LogP contribution in [0.3, 0.4) is 0 Å². The number of hydrogen-bond donors (Lipinski definition) is 0. The van der Waals surface area contributed by atoms with Crippen LogP contribution in [0.15, 0.2) is 18.2 Å². The Morgan fingerprint density at radius 2 is 2.06 bits per heavy atom. The van der Waals surface area contributed by atoms with E-state index in [0.717, 1.165) is 11.1 Å². The third-order valence-electron chi connectivity index (χ3n) is 2.85. The molecular weight excluding hydrogens is 212 g/mol. The van der Waals surface area contributed by atoms with Crippen LogP contribution in [-0.4, -0.2) is 30.8 Å². The average Bonchev–Trinajstić information content (AvgIpc) is 2.30. The predicted molar refractivity (Wildman–Crippen MR) is 68.0 cm³/mol. The topological polar surface area (TPSA) is 44.1 Å². The first kappa shape index (κ1) is 13.4. The molecule has 0 unspecified atom stereocenters. The minimum absolute atomic E-state index is 0.105. The van der Waals surface area contributed by atoms with Gasteiger partial charge in [-0.15, -0.1) is 0 Å². The summed E-state index contributed by atoms with van der Waals surface area (Å²) < 4.78 is 0. The first-order valence-corrected chi connectivity index (χ1v) is 5.70. The molecule has 0 bridgehead atoms. The predicted octanol–water partition coefficient (Wildman–Crippen LogP) is 2.33. The summed E-state index contributed by atoms with van der Waals surface area (Å²) in [4.78, 5) is 13.8. The van der Waals surface area contributed by atoms with E-state index in [1.54, 1.807) is 0 Å². The van der Waals surface area contributed by atoms with Gasteiger partial charge in [0.05, 0.1) is 12.6 Å². The summed E-state index contributed by atoms with van der Waals surface area (Å²) in [5.74, 6) is 0.105. The molecule has 0 aliphatic carbocycles. The Morgan fingerprint density at radius 3 is 2.65 bits per heavy atom. The highest BCUT2D eigenvalue weighted by atomic mass is 16.1. The smallest absolute Gasteiger partial charge is 0.176 e. The van der Waals surface area contributed by atoms with Gasteiger partial charge in [0, 0.05) is 18.5 Å². The Hall–Kier alpha value is -1.66. The van der Waals surface area contributed by atoms with E-state index in [0.29, 0.717) is 19.5 Å². The number of Topliss-reactive ketones (excluding diaryl/α,β-unsaturated/α-hetero) is 1. The van der Waals surface area contributed by atoms with Crippen molar-refractivity contribution in [2.75, 3.05) is 20.1 Å². The van der Waals surface area contributed by atoms with Gasteiger partial charge in [0.25, 0.3) is 0 Å². The van der Waals surface area contributed by atoms with Gasteiger partial charge in [-0.05, 0) is 38.1 Å². The molecule has 1 aromatic carbocycles. The summed E-state index contributed by atoms with van der Waals surface area (Å²) in [6, 6.07) is 7.84. The molecule has 0 atom stereocenters. The molecule has 0 aromatic heterocycles. The Labute approximate surface area is 103 Å². The van der Waals surface area contributed by atoms with Gasteiger partial charge >= 0.3 is 0 Å². The van der Waals surface area contributed by atoms with Crippen LogP contribution in [-0.2, 0) is 0 Å². The second-order valence-corrected chi connectivity index (χ2v) is 4.37. The van der Waals surface area contributed by atoms with Crippen molar-refractivity contribution in [1.29, 1.82) is 5.26 Å². The summed E-state index contributed by atoms with van der Waals surface area (Å²) >= 11 is 0. The maximum absolute atomic E-state index is 12.0. The van der Waals surface area contributed by atoms with E-state index in [1.807, 2.05) is 44.0 Å². The van der Waals surface area contributed by atoms with Crippen molar-refractivity contribution >= 4 is 5.78 Å². The van der Waals surface area contributed by atoms with Crippen molar-refractivity contribution in [3.8, 4) is 6.07 Å². The zero-order valence-corrected chi connectivity index (χ0v) is 10.7. The van der Waals surface area contributed by atoms with Gasteiger partial charge in [-0.25, -0.2) is 0 Å². The Balaban J connectivity index is 2.64. The van der Waals surface area contributed by atoms with Crippen LogP contribution in [0.5, 0.6) is 0 Å². The number of carbonyl (C=O) groups is 1. The highest BCUT2D eigenvalue weighted by Crippen LogP contribution is 2.10. The van der Waals surface area contributed by atoms with Crippen LogP contribution in [0.2, 0.25) is 0 Å². The lowest BCUT2D eigenvalue weighted by molar-refractivity contribution is 0.0947. The van der Waals surface area contributed by atoms with E-state index >= 15 is 0 Å². The Morgan fingerprint density at radius 1 is 1.35 bits per heavy atom. The molecule has 0 amide bonds. The van der Waals surface area contributed by atoms with Crippen LogP contribution in [0.1, 0.15) is 27.9 Å². The molecule has 1 rings (SSSR count). The highest BCUT2D eigenvalue weighted by molar-refractivity contribution is 5.97. The van der Waals surface area contributed by atoms with E-state index in [2.05, 4.69) is 6.07 Å². The average molecular weight is 230 g/mol. The van der Waals surface area contributed by atoms with Crippen LogP contribution in [0, 0.1) is 25.2 Å². The molecular formula is C14H18N2O. The van der Waals surface area contributed by atoms with Crippen LogP contribution < -0.4 is 0 Å². The third kappa shape index (κ3) is 4.01. The number of nitriles is 1. The molecule has 0 heterocycles. The van der Waals surface area contributed by atoms with Crippen LogP contribution >= 0.6 is 0 Å². The molecule has 1 aromatic rings. The standard InChI is InChI=1S/C14H18N2O/c1-11-5-6-13(9-12(11)2)14(17)10-16(3)8-4-7-15/h5-6,9H,4,8,10H2,1-3H3. The van der Waals surface area contributed by atoms with Gasteiger partial charge in [-0.2, -0.15) is 5.26 Å². The van der Waals surface area contributed by atoms with Crippen LogP contribution in [0.4, 0.5) is 0 Å². The number of ketones is 1. The fraction of sp³-hybridized carbons (Fsp3) is 0.429. The molecule has 3 nitrogen and oxygen atoms in total. The summed E-state index contributed by atoms with van der Waals surface area (Å²) in [6.45, 7) is 5.03. The van der Waals surface area contributed by atoms with E-state index in [-0.39, 0.29) is 5.78 Å². The molecule has 0 saturated heterocycles. The molecule has 0 aliphatic heterocycles. The van der Waals surface area contributed by atoms with Crippen molar-refractivity contribution < 1.29 is 4.79 Å². The molecule has 0 saturated carbocycles. The normalized spacial score (nSPS) is 10.3. The number of hydrogen-bond acceptors (Lipinski definition) is 3. The number of carbonyl (C=O) groups excluding carboxylic acids is 1. The molecule has 3 heteroatoms. The number of nitrogens with zero attached hydrogens (tertiary/aromatic N) is 2. The molecule has 0 N–H and O–H groups in total. The van der Waals surface area contributed by atoms with E-state index in [4.69, 9.17) is 5.26 Å². The van der Waals surface area contributed by atoms with E-state index in [9.17, 15) is 4.79 Å². The maximum atomic E-state index is 12.0. The van der Waals surface area contributed by atoms with Crippen molar-refractivity contribution in [2.45, 2.75) is 20.3 Å². The maximum Gasteiger partial charge on any atom is 0.176 e. The van der Waals surface area contributed by atoms with Gasteiger partial charge in [0.1, 0.15) is 0 Å². The Bertz CT molecular complexity index is 446. The molecule has 0 radical (unpaired) electrons.